The molecule has 216 valence electrons. The first-order chi connectivity index (χ1) is 20.3. The van der Waals surface area contributed by atoms with Crippen molar-refractivity contribution < 1.29 is 35.6 Å². The van der Waals surface area contributed by atoms with Crippen LogP contribution in [0.2, 0.25) is 0 Å². The fraction of sp³-hybridized carbons (Fsp3) is 0.286. The molecule has 0 amide bonds. The van der Waals surface area contributed by atoms with Gasteiger partial charge in [0, 0.05) is 17.8 Å². The van der Waals surface area contributed by atoms with Gasteiger partial charge in [0.15, 0.2) is 23.1 Å². The van der Waals surface area contributed by atoms with Crippen LogP contribution in [0, 0.1) is 0 Å². The van der Waals surface area contributed by atoms with Gasteiger partial charge in [0.25, 0.3) is 15.9 Å². The first-order valence-corrected chi connectivity index (χ1v) is 13.9. The monoisotopic (exact) mass is 583 g/mol. The predicted octanol–water partition coefficient (Wildman–Crippen LogP) is 3.57. The summed E-state index contributed by atoms with van der Waals surface area (Å²) in [5.41, 5.74) is 0.145. The summed E-state index contributed by atoms with van der Waals surface area (Å²) in [6, 6.07) is 13.7. The number of nitrogens with one attached hydrogen (secondary N) is 1. The van der Waals surface area contributed by atoms with Crippen molar-refractivity contribution in [2.45, 2.75) is 31.1 Å². The number of rotatable bonds is 13. The van der Waals surface area contributed by atoms with Gasteiger partial charge in [0.2, 0.25) is 11.6 Å². The molecule has 4 rings (SSSR count). The summed E-state index contributed by atoms with van der Waals surface area (Å²) in [5.74, 6) is -0.921. The maximum absolute atomic E-state index is 13.6. The number of para-hydroxylation sites is 2. The molecule has 0 aliphatic rings. The fourth-order valence-corrected chi connectivity index (χ4v) is 4.55. The summed E-state index contributed by atoms with van der Waals surface area (Å²) in [7, 11) is -4.29. The summed E-state index contributed by atoms with van der Waals surface area (Å²) < 4.78 is 62.3. The van der Waals surface area contributed by atoms with E-state index in [0.29, 0.717) is 0 Å². The quantitative estimate of drug-likeness (QED) is 0.211. The van der Waals surface area contributed by atoms with Gasteiger partial charge in [-0.2, -0.15) is 4.98 Å². The Labute approximate surface area is 240 Å². The molecule has 12 nitrogen and oxygen atoms in total. The number of benzene rings is 2. The molecule has 13 heteroatoms. The third-order valence-corrected chi connectivity index (χ3v) is 7.13. The molecule has 0 saturated heterocycles. The highest BCUT2D eigenvalue weighted by atomic mass is 32.2. The Hall–Kier alpha value is -4.33. The van der Waals surface area contributed by atoms with Gasteiger partial charge in [0.1, 0.15) is 6.61 Å². The summed E-state index contributed by atoms with van der Waals surface area (Å²) in [6.45, 7) is 2.04. The second-order valence-corrected chi connectivity index (χ2v) is 10.9. The van der Waals surface area contributed by atoms with E-state index in [1.165, 1.54) is 43.6 Å². The lowest BCUT2D eigenvalue weighted by atomic mass is 9.86. The number of ether oxygens (including phenoxy) is 3. The standard InChI is InChI=1S/C28H31N5O7S/c1-4-38-21-8-5-6-9-22(21)40-23-24(31-26(25-29-14-7-15-30-25)32-27(23)39-17-16-34)33-41(36,37)20-12-10-19(11-13-20)28(2,3)18-35/h5-15,34-35H,4,16-18H2,1-3H3,(H,31,32,33)/i4D2. The van der Waals surface area contributed by atoms with Crippen LogP contribution in [0.5, 0.6) is 23.1 Å². The lowest BCUT2D eigenvalue weighted by molar-refractivity contribution is 0.192. The Kier molecular flexibility index (Phi) is 8.45. The van der Waals surface area contributed by atoms with Crippen molar-refractivity contribution in [3.8, 4) is 34.8 Å². The normalized spacial score (nSPS) is 12.7. The SMILES string of the molecule is [2H]C([2H])(C)Oc1ccccc1Oc1c(NS(=O)(=O)c2ccc(C(C)(C)CO)cc2)nc(-c2ncccn2)nc1OCCO. The van der Waals surface area contributed by atoms with E-state index < -0.39 is 28.6 Å². The molecule has 2 aromatic heterocycles. The molecule has 0 atom stereocenters. The molecule has 0 fully saturated rings. The van der Waals surface area contributed by atoms with Crippen LogP contribution in [0.25, 0.3) is 11.6 Å². The minimum Gasteiger partial charge on any atom is -0.490 e. The van der Waals surface area contributed by atoms with Crippen molar-refractivity contribution in [2.75, 3.05) is 31.1 Å². The van der Waals surface area contributed by atoms with Crippen LogP contribution in [0.3, 0.4) is 0 Å². The first kappa shape index (κ1) is 26.9. The third-order valence-electron chi connectivity index (χ3n) is 5.78. The first-order valence-electron chi connectivity index (χ1n) is 13.5. The lowest BCUT2D eigenvalue weighted by Gasteiger charge is -2.22. The topological polar surface area (TPSA) is 166 Å². The Morgan fingerprint density at radius 1 is 0.927 bits per heavy atom. The molecule has 0 aliphatic carbocycles. The van der Waals surface area contributed by atoms with E-state index in [9.17, 15) is 18.6 Å². The Morgan fingerprint density at radius 2 is 1.61 bits per heavy atom. The number of hydrogen-bond acceptors (Lipinski definition) is 11. The summed E-state index contributed by atoms with van der Waals surface area (Å²) in [5, 5.41) is 19.1. The molecule has 0 saturated carbocycles. The maximum Gasteiger partial charge on any atom is 0.263 e. The van der Waals surface area contributed by atoms with E-state index in [4.69, 9.17) is 17.0 Å². The minimum absolute atomic E-state index is 0.00502. The zero-order chi connectivity index (χ0) is 31.3. The van der Waals surface area contributed by atoms with Gasteiger partial charge < -0.3 is 24.4 Å². The summed E-state index contributed by atoms with van der Waals surface area (Å²) in [4.78, 5) is 16.8. The van der Waals surface area contributed by atoms with Gasteiger partial charge in [-0.25, -0.2) is 23.4 Å². The molecule has 0 unspecified atom stereocenters. The fourth-order valence-electron chi connectivity index (χ4n) is 3.55. The zero-order valence-electron chi connectivity index (χ0n) is 24.6. The minimum atomic E-state index is -4.29. The van der Waals surface area contributed by atoms with Crippen molar-refractivity contribution in [3.05, 3.63) is 72.6 Å². The van der Waals surface area contributed by atoms with E-state index in [2.05, 4.69) is 24.7 Å². The van der Waals surface area contributed by atoms with Gasteiger partial charge >= 0.3 is 0 Å². The van der Waals surface area contributed by atoms with E-state index in [0.717, 1.165) is 5.56 Å². The van der Waals surface area contributed by atoms with Crippen molar-refractivity contribution in [3.63, 3.8) is 0 Å². The number of hydrogen-bond donors (Lipinski definition) is 3. The zero-order valence-corrected chi connectivity index (χ0v) is 23.4. The highest BCUT2D eigenvalue weighted by Gasteiger charge is 2.27. The number of sulfonamides is 1. The smallest absolute Gasteiger partial charge is 0.263 e. The molecule has 0 aliphatic heterocycles. The predicted molar refractivity (Wildman–Crippen MR) is 151 cm³/mol. The van der Waals surface area contributed by atoms with Gasteiger partial charge in [-0.3, -0.25) is 4.72 Å². The van der Waals surface area contributed by atoms with Crippen molar-refractivity contribution in [1.29, 1.82) is 0 Å². The summed E-state index contributed by atoms with van der Waals surface area (Å²) in [6.07, 6.45) is 2.91. The van der Waals surface area contributed by atoms with Crippen LogP contribution in [0.1, 0.15) is 29.1 Å². The van der Waals surface area contributed by atoms with Gasteiger partial charge in [-0.05, 0) is 42.8 Å². The van der Waals surface area contributed by atoms with Gasteiger partial charge in [-0.1, -0.05) is 38.1 Å². The van der Waals surface area contributed by atoms with E-state index in [1.807, 2.05) is 13.8 Å². The Balaban J connectivity index is 1.85. The number of aromatic nitrogens is 4. The van der Waals surface area contributed by atoms with E-state index in [1.54, 1.807) is 30.3 Å². The maximum atomic E-state index is 13.6. The Morgan fingerprint density at radius 3 is 2.24 bits per heavy atom. The largest absolute Gasteiger partial charge is 0.490 e. The molecule has 0 spiro atoms. The summed E-state index contributed by atoms with van der Waals surface area (Å²) >= 11 is 0. The highest BCUT2D eigenvalue weighted by Crippen LogP contribution is 2.41. The van der Waals surface area contributed by atoms with Crippen molar-refractivity contribution in [2.24, 2.45) is 0 Å². The van der Waals surface area contributed by atoms with Crippen LogP contribution in [0.15, 0.2) is 71.9 Å². The molecular weight excluding hydrogens is 550 g/mol. The molecule has 0 radical (unpaired) electrons. The number of anilines is 1. The average molecular weight is 584 g/mol. The molecule has 2 aromatic carbocycles. The van der Waals surface area contributed by atoms with Crippen LogP contribution < -0.4 is 18.9 Å². The van der Waals surface area contributed by atoms with E-state index >= 15 is 0 Å². The second-order valence-electron chi connectivity index (χ2n) is 9.20. The Bertz CT molecular complexity index is 1650. The number of aliphatic hydroxyl groups is 2. The number of nitrogens with zero attached hydrogens (tertiary/aromatic N) is 4. The van der Waals surface area contributed by atoms with Crippen LogP contribution in [-0.4, -0.2) is 64.9 Å². The molecule has 4 aromatic rings. The molecule has 41 heavy (non-hydrogen) atoms. The molecule has 2 heterocycles. The van der Waals surface area contributed by atoms with Crippen LogP contribution >= 0.6 is 0 Å². The van der Waals surface area contributed by atoms with Crippen molar-refractivity contribution in [1.82, 2.24) is 19.9 Å². The third kappa shape index (κ3) is 7.06. The van der Waals surface area contributed by atoms with Gasteiger partial charge in [0.05, 0.1) is 27.4 Å². The average Bonchev–Trinajstić information content (AvgIpc) is 2.97. The second kappa shape index (κ2) is 12.9. The van der Waals surface area contributed by atoms with E-state index in [-0.39, 0.29) is 58.7 Å². The highest BCUT2D eigenvalue weighted by molar-refractivity contribution is 7.92. The van der Waals surface area contributed by atoms with Crippen LogP contribution in [0.4, 0.5) is 5.82 Å². The molecular formula is C28H31N5O7S. The number of aliphatic hydroxyl groups excluding tert-OH is 2. The van der Waals surface area contributed by atoms with Crippen molar-refractivity contribution >= 4 is 15.8 Å². The van der Waals surface area contributed by atoms with Crippen LogP contribution in [-0.2, 0) is 15.4 Å². The molecule has 0 bridgehead atoms. The van der Waals surface area contributed by atoms with Gasteiger partial charge in [-0.15, -0.1) is 0 Å². The molecule has 3 N–H and O–H groups in total. The lowest BCUT2D eigenvalue weighted by Crippen LogP contribution is -2.22.